The Morgan fingerprint density at radius 3 is 2.40 bits per heavy atom. The largest absolute Gasteiger partial charge is 0.473 e. The molecule has 0 bridgehead atoms. The number of anilines is 1. The molecule has 0 amide bonds. The first kappa shape index (κ1) is 15.7. The second-order valence-electron chi connectivity index (χ2n) is 6.42. The fourth-order valence-corrected chi connectivity index (χ4v) is 3.23. The van der Waals surface area contributed by atoms with Crippen molar-refractivity contribution in [1.29, 1.82) is 0 Å². The van der Waals surface area contributed by atoms with E-state index in [2.05, 4.69) is 14.9 Å². The van der Waals surface area contributed by atoms with Gasteiger partial charge in [-0.25, -0.2) is 15.0 Å². The van der Waals surface area contributed by atoms with Gasteiger partial charge >= 0.3 is 0 Å². The van der Waals surface area contributed by atoms with Crippen LogP contribution in [-0.2, 0) is 0 Å². The molecule has 1 aromatic carbocycles. The number of nitrogens with zero attached hydrogens (tertiary/aromatic N) is 5. The van der Waals surface area contributed by atoms with Crippen molar-refractivity contribution in [3.05, 3.63) is 48.0 Å². The van der Waals surface area contributed by atoms with E-state index in [4.69, 9.17) is 14.7 Å². The third-order valence-electron chi connectivity index (χ3n) is 4.48. The molecular weight excluding hydrogens is 314 g/mol. The van der Waals surface area contributed by atoms with Crippen LogP contribution >= 0.6 is 0 Å². The Morgan fingerprint density at radius 1 is 0.960 bits per heavy atom. The molecule has 0 aliphatic carbocycles. The minimum atomic E-state index is 0.168. The lowest BCUT2D eigenvalue weighted by Crippen LogP contribution is -2.39. The van der Waals surface area contributed by atoms with Crippen molar-refractivity contribution in [2.45, 2.75) is 32.8 Å². The van der Waals surface area contributed by atoms with E-state index in [9.17, 15) is 0 Å². The van der Waals surface area contributed by atoms with Gasteiger partial charge < -0.3 is 9.64 Å². The standard InChI is InChI=1S/C19H21N5O/c1-13-11-20-12-18(21-13)25-15-7-9-24(10-8-15)19-14(2)22-16-5-3-4-6-17(16)23-19/h3-6,11-12,15H,7-10H2,1-2H3. The van der Waals surface area contributed by atoms with Crippen molar-refractivity contribution in [2.75, 3.05) is 18.0 Å². The van der Waals surface area contributed by atoms with Crippen molar-refractivity contribution in [2.24, 2.45) is 0 Å². The SMILES string of the molecule is Cc1cncc(OC2CCN(c3nc4ccccc4nc3C)CC2)n1. The van der Waals surface area contributed by atoms with Gasteiger partial charge in [0.1, 0.15) is 6.10 Å². The number of rotatable bonds is 3. The van der Waals surface area contributed by atoms with Crippen LogP contribution < -0.4 is 9.64 Å². The van der Waals surface area contributed by atoms with E-state index in [1.807, 2.05) is 38.1 Å². The predicted octanol–water partition coefficient (Wildman–Crippen LogP) is 3.08. The number of piperidine rings is 1. The van der Waals surface area contributed by atoms with Crippen LogP contribution in [0.25, 0.3) is 11.0 Å². The van der Waals surface area contributed by atoms with E-state index < -0.39 is 0 Å². The number of hydrogen-bond donors (Lipinski definition) is 0. The lowest BCUT2D eigenvalue weighted by Gasteiger charge is -2.33. The summed E-state index contributed by atoms with van der Waals surface area (Å²) >= 11 is 0. The molecule has 6 nitrogen and oxygen atoms in total. The van der Waals surface area contributed by atoms with Gasteiger partial charge in [0.05, 0.1) is 28.6 Å². The Kier molecular flexibility index (Phi) is 4.17. The molecule has 0 N–H and O–H groups in total. The van der Waals surface area contributed by atoms with E-state index in [-0.39, 0.29) is 6.10 Å². The highest BCUT2D eigenvalue weighted by molar-refractivity contribution is 5.76. The first-order chi connectivity index (χ1) is 12.2. The van der Waals surface area contributed by atoms with Gasteiger partial charge in [0.25, 0.3) is 0 Å². The van der Waals surface area contributed by atoms with E-state index in [1.165, 1.54) is 0 Å². The quantitative estimate of drug-likeness (QED) is 0.733. The highest BCUT2D eigenvalue weighted by atomic mass is 16.5. The third-order valence-corrected chi connectivity index (χ3v) is 4.48. The number of fused-ring (bicyclic) bond motifs is 1. The summed E-state index contributed by atoms with van der Waals surface area (Å²) in [5, 5.41) is 0. The minimum Gasteiger partial charge on any atom is -0.473 e. The van der Waals surface area contributed by atoms with Gasteiger partial charge in [-0.05, 0) is 26.0 Å². The average molecular weight is 335 g/mol. The fraction of sp³-hybridized carbons (Fsp3) is 0.368. The minimum absolute atomic E-state index is 0.168. The number of para-hydroxylation sites is 2. The molecule has 0 saturated carbocycles. The van der Waals surface area contributed by atoms with Crippen molar-refractivity contribution < 1.29 is 4.74 Å². The summed E-state index contributed by atoms with van der Waals surface area (Å²) in [5.74, 6) is 1.59. The van der Waals surface area contributed by atoms with E-state index >= 15 is 0 Å². The molecule has 0 unspecified atom stereocenters. The molecule has 25 heavy (non-hydrogen) atoms. The Labute approximate surface area is 146 Å². The molecule has 6 heteroatoms. The zero-order valence-corrected chi connectivity index (χ0v) is 14.5. The zero-order valence-electron chi connectivity index (χ0n) is 14.5. The first-order valence-corrected chi connectivity index (χ1v) is 8.63. The maximum atomic E-state index is 5.98. The fourth-order valence-electron chi connectivity index (χ4n) is 3.23. The van der Waals surface area contributed by atoms with Crippen LogP contribution in [0.1, 0.15) is 24.2 Å². The van der Waals surface area contributed by atoms with Gasteiger partial charge in [0.15, 0.2) is 5.82 Å². The molecule has 0 atom stereocenters. The Balaban J connectivity index is 1.46. The molecule has 1 fully saturated rings. The molecular formula is C19H21N5O. The molecule has 4 rings (SSSR count). The summed E-state index contributed by atoms with van der Waals surface area (Å²) in [7, 11) is 0. The van der Waals surface area contributed by atoms with Gasteiger partial charge in [-0.15, -0.1) is 0 Å². The molecule has 1 saturated heterocycles. The summed E-state index contributed by atoms with van der Waals surface area (Å²) < 4.78 is 5.98. The van der Waals surface area contributed by atoms with Gasteiger partial charge in [-0.1, -0.05) is 12.1 Å². The molecule has 2 aromatic heterocycles. The molecule has 1 aliphatic rings. The Bertz CT molecular complexity index is 890. The monoisotopic (exact) mass is 335 g/mol. The van der Waals surface area contributed by atoms with Gasteiger partial charge in [0.2, 0.25) is 5.88 Å². The van der Waals surface area contributed by atoms with E-state index in [0.717, 1.165) is 54.2 Å². The Morgan fingerprint density at radius 2 is 1.68 bits per heavy atom. The van der Waals surface area contributed by atoms with Gasteiger partial charge in [0, 0.05) is 32.1 Å². The van der Waals surface area contributed by atoms with Crippen LogP contribution in [0.15, 0.2) is 36.7 Å². The molecule has 128 valence electrons. The lowest BCUT2D eigenvalue weighted by atomic mass is 10.1. The lowest BCUT2D eigenvalue weighted by molar-refractivity contribution is 0.163. The maximum Gasteiger partial charge on any atom is 0.232 e. The van der Waals surface area contributed by atoms with Crippen molar-refractivity contribution in [1.82, 2.24) is 19.9 Å². The van der Waals surface area contributed by atoms with Crippen LogP contribution in [-0.4, -0.2) is 39.1 Å². The predicted molar refractivity (Wildman–Crippen MR) is 96.9 cm³/mol. The normalized spacial score (nSPS) is 15.5. The van der Waals surface area contributed by atoms with Crippen molar-refractivity contribution >= 4 is 16.9 Å². The highest BCUT2D eigenvalue weighted by Gasteiger charge is 2.23. The first-order valence-electron chi connectivity index (χ1n) is 8.63. The molecule has 0 spiro atoms. The number of ether oxygens (including phenoxy) is 1. The van der Waals surface area contributed by atoms with Crippen LogP contribution in [0.4, 0.5) is 5.82 Å². The Hall–Kier alpha value is -2.76. The van der Waals surface area contributed by atoms with Crippen LogP contribution in [0.2, 0.25) is 0 Å². The highest BCUT2D eigenvalue weighted by Crippen LogP contribution is 2.24. The smallest absolute Gasteiger partial charge is 0.232 e. The van der Waals surface area contributed by atoms with Crippen LogP contribution in [0, 0.1) is 13.8 Å². The molecule has 3 aromatic rings. The number of aromatic nitrogens is 4. The topological polar surface area (TPSA) is 64.0 Å². The second-order valence-corrected chi connectivity index (χ2v) is 6.42. The van der Waals surface area contributed by atoms with Crippen LogP contribution in [0.3, 0.4) is 0 Å². The summed E-state index contributed by atoms with van der Waals surface area (Å²) in [6.45, 7) is 5.75. The van der Waals surface area contributed by atoms with Crippen molar-refractivity contribution in [3.8, 4) is 5.88 Å². The molecule has 1 aliphatic heterocycles. The number of hydrogen-bond acceptors (Lipinski definition) is 6. The third kappa shape index (κ3) is 3.38. The maximum absolute atomic E-state index is 5.98. The van der Waals surface area contributed by atoms with E-state index in [0.29, 0.717) is 5.88 Å². The molecule has 3 heterocycles. The van der Waals surface area contributed by atoms with Gasteiger partial charge in [-0.3, -0.25) is 4.98 Å². The molecule has 0 radical (unpaired) electrons. The zero-order chi connectivity index (χ0) is 17.2. The van der Waals surface area contributed by atoms with Crippen molar-refractivity contribution in [3.63, 3.8) is 0 Å². The van der Waals surface area contributed by atoms with Crippen LogP contribution in [0.5, 0.6) is 5.88 Å². The number of benzene rings is 1. The summed E-state index contributed by atoms with van der Waals surface area (Å²) in [6.07, 6.45) is 5.45. The average Bonchev–Trinajstić information content (AvgIpc) is 2.62. The summed E-state index contributed by atoms with van der Waals surface area (Å²) in [6, 6.07) is 8.01. The van der Waals surface area contributed by atoms with E-state index in [1.54, 1.807) is 12.4 Å². The van der Waals surface area contributed by atoms with Gasteiger partial charge in [-0.2, -0.15) is 0 Å². The second kappa shape index (κ2) is 6.63. The summed E-state index contributed by atoms with van der Waals surface area (Å²) in [4.78, 5) is 20.3. The summed E-state index contributed by atoms with van der Waals surface area (Å²) in [5.41, 5.74) is 3.73. The number of aryl methyl sites for hydroxylation is 2.